The van der Waals surface area contributed by atoms with Crippen LogP contribution in [-0.2, 0) is 26.2 Å². The zero-order chi connectivity index (χ0) is 26.9. The van der Waals surface area contributed by atoms with Crippen molar-refractivity contribution in [3.8, 4) is 11.5 Å². The monoisotopic (exact) mass is 519 g/mol. The number of carbonyl (C=O) groups is 2. The van der Waals surface area contributed by atoms with Crippen molar-refractivity contribution < 1.29 is 27.5 Å². The van der Waals surface area contributed by atoms with Crippen LogP contribution in [0.15, 0.2) is 42.5 Å². The minimum absolute atomic E-state index is 0.163. The maximum atomic E-state index is 13.7. The van der Waals surface area contributed by atoms with Crippen molar-refractivity contribution in [2.24, 2.45) is 0 Å². The summed E-state index contributed by atoms with van der Waals surface area (Å²) in [5, 5.41) is 2.86. The number of methoxy groups -OCH3 is 2. The van der Waals surface area contributed by atoms with Gasteiger partial charge in [0.2, 0.25) is 21.8 Å². The van der Waals surface area contributed by atoms with Crippen LogP contribution >= 0.6 is 0 Å². The highest BCUT2D eigenvalue weighted by Crippen LogP contribution is 2.33. The molecule has 0 aliphatic rings. The van der Waals surface area contributed by atoms with Crippen molar-refractivity contribution in [2.45, 2.75) is 46.2 Å². The molecule has 0 bridgehead atoms. The lowest BCUT2D eigenvalue weighted by Crippen LogP contribution is -2.52. The fourth-order valence-electron chi connectivity index (χ4n) is 3.88. The van der Waals surface area contributed by atoms with E-state index in [4.69, 9.17) is 9.47 Å². The molecular formula is C26H37N3O6S. The van der Waals surface area contributed by atoms with E-state index in [1.54, 1.807) is 12.1 Å². The normalized spacial score (nSPS) is 11.9. The summed E-state index contributed by atoms with van der Waals surface area (Å²) in [5.41, 5.74) is 2.07. The van der Waals surface area contributed by atoms with E-state index in [1.807, 2.05) is 45.0 Å². The minimum atomic E-state index is -3.88. The molecule has 36 heavy (non-hydrogen) atoms. The van der Waals surface area contributed by atoms with Gasteiger partial charge in [-0.2, -0.15) is 0 Å². The first-order valence-corrected chi connectivity index (χ1v) is 13.7. The Bertz CT molecular complexity index is 1150. The molecule has 0 aliphatic heterocycles. The minimum Gasteiger partial charge on any atom is -0.497 e. The van der Waals surface area contributed by atoms with Crippen molar-refractivity contribution in [3.63, 3.8) is 0 Å². The number of sulfonamides is 1. The maximum Gasteiger partial charge on any atom is 0.244 e. The van der Waals surface area contributed by atoms with E-state index in [-0.39, 0.29) is 23.9 Å². The average molecular weight is 520 g/mol. The van der Waals surface area contributed by atoms with Crippen LogP contribution in [0.4, 0.5) is 5.69 Å². The molecule has 10 heteroatoms. The topological polar surface area (TPSA) is 105 Å². The first-order chi connectivity index (χ1) is 17.0. The van der Waals surface area contributed by atoms with Crippen LogP contribution in [0.1, 0.15) is 37.8 Å². The number of anilines is 1. The number of aryl methyl sites for hydroxylation is 1. The smallest absolute Gasteiger partial charge is 0.244 e. The summed E-state index contributed by atoms with van der Waals surface area (Å²) in [6.07, 6.45) is 2.16. The summed E-state index contributed by atoms with van der Waals surface area (Å²) >= 11 is 0. The first-order valence-electron chi connectivity index (χ1n) is 11.9. The van der Waals surface area contributed by atoms with E-state index in [0.29, 0.717) is 18.7 Å². The lowest BCUT2D eigenvalue weighted by molar-refractivity contribution is -0.140. The number of amides is 2. The second kappa shape index (κ2) is 13.2. The molecule has 0 saturated carbocycles. The molecule has 0 unspecified atom stereocenters. The van der Waals surface area contributed by atoms with Crippen molar-refractivity contribution in [3.05, 3.63) is 53.6 Å². The highest BCUT2D eigenvalue weighted by atomic mass is 32.2. The highest BCUT2D eigenvalue weighted by Gasteiger charge is 2.32. The third kappa shape index (κ3) is 7.61. The van der Waals surface area contributed by atoms with Crippen LogP contribution in [0, 0.1) is 6.92 Å². The Morgan fingerprint density at radius 1 is 1.06 bits per heavy atom. The Hall–Kier alpha value is -3.27. The molecule has 0 radical (unpaired) electrons. The molecule has 2 amide bonds. The molecule has 9 nitrogen and oxygen atoms in total. The summed E-state index contributed by atoms with van der Waals surface area (Å²) in [6.45, 7) is 5.88. The van der Waals surface area contributed by atoms with Gasteiger partial charge in [-0.15, -0.1) is 0 Å². The van der Waals surface area contributed by atoms with E-state index < -0.39 is 28.5 Å². The zero-order valence-electron chi connectivity index (χ0n) is 21.9. The number of rotatable bonds is 13. The lowest BCUT2D eigenvalue weighted by Gasteiger charge is -2.33. The summed E-state index contributed by atoms with van der Waals surface area (Å²) in [4.78, 5) is 28.2. The molecule has 0 spiro atoms. The molecule has 198 valence electrons. The second-order valence-corrected chi connectivity index (χ2v) is 10.4. The standard InChI is InChI=1S/C26H37N3O6S/c1-7-14-27-26(31)22(8-2)28(17-20-11-9-10-19(3)15-20)25(30)18-29(36(6,32)33)23-13-12-21(34-4)16-24(23)35-5/h9-13,15-16,22H,7-8,14,17-18H2,1-6H3,(H,27,31)/t22-/m0/s1. The number of hydrogen-bond acceptors (Lipinski definition) is 6. The molecule has 1 atom stereocenters. The average Bonchev–Trinajstić information content (AvgIpc) is 2.84. The molecule has 0 aromatic heterocycles. The quantitative estimate of drug-likeness (QED) is 0.436. The van der Waals surface area contributed by atoms with Gasteiger partial charge in [0.1, 0.15) is 24.1 Å². The first kappa shape index (κ1) is 29.0. The Kier molecular flexibility index (Phi) is 10.6. The third-order valence-corrected chi connectivity index (χ3v) is 6.83. The van der Waals surface area contributed by atoms with Crippen LogP contribution < -0.4 is 19.1 Å². The van der Waals surface area contributed by atoms with Gasteiger partial charge in [-0.1, -0.05) is 43.7 Å². The van der Waals surface area contributed by atoms with Crippen LogP contribution in [0.5, 0.6) is 11.5 Å². The Morgan fingerprint density at radius 2 is 1.78 bits per heavy atom. The van der Waals surface area contributed by atoms with Crippen molar-refractivity contribution in [2.75, 3.05) is 37.9 Å². The molecule has 0 fully saturated rings. The van der Waals surface area contributed by atoms with Crippen molar-refractivity contribution >= 4 is 27.5 Å². The third-order valence-electron chi connectivity index (χ3n) is 5.71. The second-order valence-electron chi connectivity index (χ2n) is 8.53. The van der Waals surface area contributed by atoms with Gasteiger partial charge < -0.3 is 19.7 Å². The van der Waals surface area contributed by atoms with Crippen LogP contribution in [0.2, 0.25) is 0 Å². The van der Waals surface area contributed by atoms with Gasteiger partial charge in [-0.3, -0.25) is 13.9 Å². The number of nitrogens with one attached hydrogen (secondary N) is 1. The molecule has 1 N–H and O–H groups in total. The van der Waals surface area contributed by atoms with Gasteiger partial charge in [0, 0.05) is 19.2 Å². The number of ether oxygens (including phenoxy) is 2. The van der Waals surface area contributed by atoms with E-state index in [1.165, 1.54) is 25.2 Å². The summed E-state index contributed by atoms with van der Waals surface area (Å²) < 4.78 is 37.2. The van der Waals surface area contributed by atoms with Crippen LogP contribution in [0.3, 0.4) is 0 Å². The van der Waals surface area contributed by atoms with Gasteiger partial charge in [0.25, 0.3) is 0 Å². The predicted octanol–water partition coefficient (Wildman–Crippen LogP) is 3.11. The fourth-order valence-corrected chi connectivity index (χ4v) is 4.73. The van der Waals surface area contributed by atoms with E-state index in [2.05, 4.69) is 5.32 Å². The summed E-state index contributed by atoms with van der Waals surface area (Å²) in [6, 6.07) is 11.6. The highest BCUT2D eigenvalue weighted by molar-refractivity contribution is 7.92. The number of benzene rings is 2. The SMILES string of the molecule is CCCNC(=O)[C@H](CC)N(Cc1cccc(C)c1)C(=O)CN(c1ccc(OC)cc1OC)S(C)(=O)=O. The summed E-state index contributed by atoms with van der Waals surface area (Å²) in [7, 11) is -0.978. The Morgan fingerprint density at radius 3 is 2.33 bits per heavy atom. The molecule has 0 saturated heterocycles. The molecule has 2 aromatic rings. The van der Waals surface area contributed by atoms with Gasteiger partial charge in [0.05, 0.1) is 26.2 Å². The van der Waals surface area contributed by atoms with E-state index in [0.717, 1.165) is 28.1 Å². The van der Waals surface area contributed by atoms with Crippen LogP contribution in [0.25, 0.3) is 0 Å². The lowest BCUT2D eigenvalue weighted by atomic mass is 10.1. The molecule has 0 heterocycles. The zero-order valence-corrected chi connectivity index (χ0v) is 22.7. The number of hydrogen-bond donors (Lipinski definition) is 1. The van der Waals surface area contributed by atoms with Crippen molar-refractivity contribution in [1.82, 2.24) is 10.2 Å². The van der Waals surface area contributed by atoms with E-state index >= 15 is 0 Å². The molecular weight excluding hydrogens is 482 g/mol. The van der Waals surface area contributed by atoms with Gasteiger partial charge >= 0.3 is 0 Å². The van der Waals surface area contributed by atoms with Gasteiger partial charge in [-0.05, 0) is 37.5 Å². The maximum absolute atomic E-state index is 13.7. The largest absolute Gasteiger partial charge is 0.497 e. The summed E-state index contributed by atoms with van der Waals surface area (Å²) in [5.74, 6) is -0.0489. The number of nitrogens with zero attached hydrogens (tertiary/aromatic N) is 2. The Labute approximate surface area is 214 Å². The molecule has 2 rings (SSSR count). The van der Waals surface area contributed by atoms with Gasteiger partial charge in [0.15, 0.2) is 0 Å². The fraction of sp³-hybridized carbons (Fsp3) is 0.462. The predicted molar refractivity (Wildman–Crippen MR) is 141 cm³/mol. The van der Waals surface area contributed by atoms with Crippen molar-refractivity contribution in [1.29, 1.82) is 0 Å². The molecule has 2 aromatic carbocycles. The Balaban J connectivity index is 2.49. The number of carbonyl (C=O) groups excluding carboxylic acids is 2. The van der Waals surface area contributed by atoms with Gasteiger partial charge in [-0.25, -0.2) is 8.42 Å². The molecule has 0 aliphatic carbocycles. The van der Waals surface area contributed by atoms with E-state index in [9.17, 15) is 18.0 Å². The van der Waals surface area contributed by atoms with Crippen LogP contribution in [-0.4, -0.2) is 64.7 Å².